The molecule has 0 amide bonds. The zero-order valence-electron chi connectivity index (χ0n) is 11.4. The van der Waals surface area contributed by atoms with Crippen molar-refractivity contribution >= 4 is 11.7 Å². The van der Waals surface area contributed by atoms with E-state index in [2.05, 4.69) is 19.2 Å². The number of hydrogen-bond acceptors (Lipinski definition) is 2. The third-order valence-corrected chi connectivity index (χ3v) is 3.80. The molecule has 1 aliphatic rings. The zero-order chi connectivity index (χ0) is 14.0. The molecule has 1 fully saturated rings. The van der Waals surface area contributed by atoms with Crippen molar-refractivity contribution in [3.63, 3.8) is 0 Å². The summed E-state index contributed by atoms with van der Waals surface area (Å²) in [5.74, 6) is -1.60. The first-order valence-corrected chi connectivity index (χ1v) is 6.67. The van der Waals surface area contributed by atoms with Gasteiger partial charge in [0.1, 0.15) is 5.82 Å². The second kappa shape index (κ2) is 5.19. The molecule has 0 heterocycles. The van der Waals surface area contributed by atoms with E-state index in [1.165, 1.54) is 18.2 Å². The summed E-state index contributed by atoms with van der Waals surface area (Å²) in [6.07, 6.45) is 4.13. The van der Waals surface area contributed by atoms with Crippen LogP contribution in [0.2, 0.25) is 0 Å². The average Bonchev–Trinajstić information content (AvgIpc) is 2.30. The Kier molecular flexibility index (Phi) is 3.78. The molecule has 0 spiro atoms. The van der Waals surface area contributed by atoms with Gasteiger partial charge in [-0.05, 0) is 36.8 Å². The second-order valence-corrected chi connectivity index (χ2v) is 6.07. The van der Waals surface area contributed by atoms with E-state index in [9.17, 15) is 9.18 Å². The third kappa shape index (κ3) is 3.25. The lowest BCUT2D eigenvalue weighted by molar-refractivity contribution is 0.0697. The van der Waals surface area contributed by atoms with Crippen molar-refractivity contribution in [1.82, 2.24) is 0 Å². The van der Waals surface area contributed by atoms with Gasteiger partial charge in [-0.15, -0.1) is 0 Å². The fourth-order valence-electron chi connectivity index (χ4n) is 2.87. The summed E-state index contributed by atoms with van der Waals surface area (Å²) in [6.45, 7) is 4.39. The maximum Gasteiger partial charge on any atom is 0.337 e. The first-order chi connectivity index (χ1) is 8.89. The van der Waals surface area contributed by atoms with Crippen LogP contribution in [-0.4, -0.2) is 17.1 Å². The molecule has 1 atom stereocenters. The van der Waals surface area contributed by atoms with E-state index in [1.807, 2.05) is 0 Å². The Morgan fingerprint density at radius 1 is 1.47 bits per heavy atom. The van der Waals surface area contributed by atoms with Crippen LogP contribution in [0.25, 0.3) is 0 Å². The number of benzene rings is 1. The Bertz CT molecular complexity index is 485. The van der Waals surface area contributed by atoms with E-state index < -0.39 is 11.8 Å². The molecule has 104 valence electrons. The number of nitrogens with one attached hydrogen (secondary N) is 1. The van der Waals surface area contributed by atoms with E-state index in [4.69, 9.17) is 5.11 Å². The van der Waals surface area contributed by atoms with Crippen LogP contribution in [-0.2, 0) is 0 Å². The topological polar surface area (TPSA) is 49.3 Å². The molecule has 1 unspecified atom stereocenters. The molecule has 0 radical (unpaired) electrons. The lowest BCUT2D eigenvalue weighted by Crippen LogP contribution is -2.32. The van der Waals surface area contributed by atoms with Crippen LogP contribution in [0.3, 0.4) is 0 Å². The predicted molar refractivity (Wildman–Crippen MR) is 73.0 cm³/mol. The van der Waals surface area contributed by atoms with Crippen LogP contribution >= 0.6 is 0 Å². The standard InChI is InChI=1S/C15H20FNO2/c1-15(2)8-4-5-10(9-15)17-13-11(14(18)19)6-3-7-12(13)16/h3,6-7,10,17H,4-5,8-9H2,1-2H3,(H,18,19). The Balaban J connectivity index is 2.21. The summed E-state index contributed by atoms with van der Waals surface area (Å²) in [7, 11) is 0. The highest BCUT2D eigenvalue weighted by molar-refractivity contribution is 5.94. The van der Waals surface area contributed by atoms with Gasteiger partial charge in [0.2, 0.25) is 0 Å². The molecule has 0 saturated heterocycles. The molecule has 19 heavy (non-hydrogen) atoms. The van der Waals surface area contributed by atoms with Gasteiger partial charge in [0.05, 0.1) is 11.3 Å². The van der Waals surface area contributed by atoms with Crippen molar-refractivity contribution < 1.29 is 14.3 Å². The zero-order valence-corrected chi connectivity index (χ0v) is 11.4. The van der Waals surface area contributed by atoms with Crippen LogP contribution < -0.4 is 5.32 Å². The number of anilines is 1. The van der Waals surface area contributed by atoms with E-state index in [0.717, 1.165) is 25.7 Å². The van der Waals surface area contributed by atoms with Crippen LogP contribution in [0, 0.1) is 11.2 Å². The Morgan fingerprint density at radius 3 is 2.84 bits per heavy atom. The maximum atomic E-state index is 13.8. The molecule has 0 aliphatic heterocycles. The number of carbonyl (C=O) groups is 1. The number of para-hydroxylation sites is 1. The van der Waals surface area contributed by atoms with Crippen LogP contribution in [0.15, 0.2) is 18.2 Å². The summed E-state index contributed by atoms with van der Waals surface area (Å²) in [6, 6.07) is 4.29. The van der Waals surface area contributed by atoms with Gasteiger partial charge in [0, 0.05) is 6.04 Å². The minimum atomic E-state index is -1.10. The Hall–Kier alpha value is -1.58. The predicted octanol–water partition coefficient (Wildman–Crippen LogP) is 3.90. The molecule has 1 aliphatic carbocycles. The van der Waals surface area contributed by atoms with Crippen LogP contribution in [0.5, 0.6) is 0 Å². The van der Waals surface area contributed by atoms with Crippen molar-refractivity contribution in [3.8, 4) is 0 Å². The lowest BCUT2D eigenvalue weighted by Gasteiger charge is -2.36. The van der Waals surface area contributed by atoms with Crippen molar-refractivity contribution in [3.05, 3.63) is 29.6 Å². The first kappa shape index (κ1) is 13.8. The van der Waals surface area contributed by atoms with E-state index in [0.29, 0.717) is 0 Å². The molecule has 2 rings (SSSR count). The van der Waals surface area contributed by atoms with Crippen molar-refractivity contribution in [2.24, 2.45) is 5.41 Å². The lowest BCUT2D eigenvalue weighted by atomic mass is 9.75. The van der Waals surface area contributed by atoms with Crippen LogP contribution in [0.1, 0.15) is 49.9 Å². The van der Waals surface area contributed by atoms with Gasteiger partial charge < -0.3 is 10.4 Å². The molecule has 1 aromatic rings. The number of carboxylic acid groups (broad SMARTS) is 1. The fourth-order valence-corrected chi connectivity index (χ4v) is 2.87. The molecular weight excluding hydrogens is 245 g/mol. The Morgan fingerprint density at radius 2 is 2.21 bits per heavy atom. The highest BCUT2D eigenvalue weighted by Gasteiger charge is 2.29. The largest absolute Gasteiger partial charge is 0.478 e. The van der Waals surface area contributed by atoms with Crippen molar-refractivity contribution in [1.29, 1.82) is 0 Å². The molecule has 0 bridgehead atoms. The summed E-state index contributed by atoms with van der Waals surface area (Å²) < 4.78 is 13.8. The van der Waals surface area contributed by atoms with Gasteiger partial charge in [0.15, 0.2) is 0 Å². The summed E-state index contributed by atoms with van der Waals surface area (Å²) in [5.41, 5.74) is 0.353. The van der Waals surface area contributed by atoms with Crippen molar-refractivity contribution in [2.45, 2.75) is 45.6 Å². The normalized spacial score (nSPS) is 21.9. The first-order valence-electron chi connectivity index (χ1n) is 6.67. The highest BCUT2D eigenvalue weighted by Crippen LogP contribution is 2.37. The molecule has 4 heteroatoms. The van der Waals surface area contributed by atoms with Gasteiger partial charge in [-0.25, -0.2) is 9.18 Å². The van der Waals surface area contributed by atoms with Gasteiger partial charge in [0.25, 0.3) is 0 Å². The number of carboxylic acids is 1. The summed E-state index contributed by atoms with van der Waals surface area (Å²) in [4.78, 5) is 11.1. The van der Waals surface area contributed by atoms with Gasteiger partial charge in [-0.2, -0.15) is 0 Å². The Labute approximate surface area is 112 Å². The second-order valence-electron chi connectivity index (χ2n) is 6.07. The summed E-state index contributed by atoms with van der Waals surface area (Å²) in [5, 5.41) is 12.2. The fraction of sp³-hybridized carbons (Fsp3) is 0.533. The van der Waals surface area contributed by atoms with Crippen LogP contribution in [0.4, 0.5) is 10.1 Å². The molecular formula is C15H20FNO2. The number of hydrogen-bond donors (Lipinski definition) is 2. The van der Waals surface area contributed by atoms with Gasteiger partial charge in [-0.1, -0.05) is 26.3 Å². The van der Waals surface area contributed by atoms with Gasteiger partial charge >= 0.3 is 5.97 Å². The minimum Gasteiger partial charge on any atom is -0.478 e. The van der Waals surface area contributed by atoms with E-state index in [1.54, 1.807) is 0 Å². The molecule has 0 aromatic heterocycles. The smallest absolute Gasteiger partial charge is 0.337 e. The van der Waals surface area contributed by atoms with Gasteiger partial charge in [-0.3, -0.25) is 0 Å². The number of halogens is 1. The molecule has 2 N–H and O–H groups in total. The molecule has 1 saturated carbocycles. The van der Waals surface area contributed by atoms with Crippen molar-refractivity contribution in [2.75, 3.05) is 5.32 Å². The quantitative estimate of drug-likeness (QED) is 0.871. The highest BCUT2D eigenvalue weighted by atomic mass is 19.1. The third-order valence-electron chi connectivity index (χ3n) is 3.80. The maximum absolute atomic E-state index is 13.8. The van der Waals surface area contributed by atoms with E-state index >= 15 is 0 Å². The minimum absolute atomic E-state index is 0.00313. The van der Waals surface area contributed by atoms with E-state index in [-0.39, 0.29) is 22.7 Å². The monoisotopic (exact) mass is 265 g/mol. The average molecular weight is 265 g/mol. The SMILES string of the molecule is CC1(C)CCCC(Nc2c(F)cccc2C(=O)O)C1. The molecule has 1 aromatic carbocycles. The molecule has 3 nitrogen and oxygen atoms in total. The summed E-state index contributed by atoms with van der Waals surface area (Å²) >= 11 is 0. The number of aromatic carboxylic acids is 1. The number of rotatable bonds is 3.